The Morgan fingerprint density at radius 1 is 1.14 bits per heavy atom. The standard InChI is InChI=1S/C20H21N5O3/c1-14-9-10-19(13-22)18(11-14,12-21)16(25-20(19,27-2)28-3)24-17(26)23-15-7-5-4-6-8-15/h4-9H,10-11H2,1-3H3,(H2,23,24,25,26)/p+1/t18-,19-/m0/s1. The van der Waals surface area contributed by atoms with E-state index in [2.05, 4.69) is 27.8 Å². The molecule has 2 amide bonds. The zero-order chi connectivity index (χ0) is 20.4. The van der Waals surface area contributed by atoms with Crippen LogP contribution in [0.25, 0.3) is 0 Å². The van der Waals surface area contributed by atoms with Crippen molar-refractivity contribution < 1.29 is 19.3 Å². The molecule has 1 aromatic rings. The van der Waals surface area contributed by atoms with Crippen LogP contribution in [0.2, 0.25) is 0 Å². The topological polar surface area (TPSA) is 121 Å². The summed E-state index contributed by atoms with van der Waals surface area (Å²) in [5, 5.41) is 25.8. The molecule has 8 heteroatoms. The Morgan fingerprint density at radius 2 is 1.82 bits per heavy atom. The van der Waals surface area contributed by atoms with Gasteiger partial charge in [-0.25, -0.2) is 9.79 Å². The lowest BCUT2D eigenvalue weighted by Crippen LogP contribution is -2.90. The van der Waals surface area contributed by atoms with Crippen LogP contribution in [0.4, 0.5) is 10.5 Å². The van der Waals surface area contributed by atoms with Gasteiger partial charge in [-0.05, 0) is 25.5 Å². The van der Waals surface area contributed by atoms with E-state index in [-0.39, 0.29) is 18.7 Å². The molecule has 8 nitrogen and oxygen atoms in total. The van der Waals surface area contributed by atoms with E-state index in [4.69, 9.17) is 9.47 Å². The summed E-state index contributed by atoms with van der Waals surface area (Å²) in [6, 6.07) is 12.9. The Kier molecular flexibility index (Phi) is 4.95. The third kappa shape index (κ3) is 2.58. The van der Waals surface area contributed by atoms with Crippen LogP contribution in [0.3, 0.4) is 0 Å². The molecule has 1 heterocycles. The number of urea groups is 1. The summed E-state index contributed by atoms with van der Waals surface area (Å²) in [7, 11) is 2.80. The number of hydrogen-bond acceptors (Lipinski definition) is 5. The highest BCUT2D eigenvalue weighted by atomic mass is 16.7. The number of rotatable bonds is 3. The van der Waals surface area contributed by atoms with Crippen molar-refractivity contribution in [2.75, 3.05) is 19.5 Å². The minimum absolute atomic E-state index is 0.182. The second-order valence-corrected chi connectivity index (χ2v) is 6.94. The van der Waals surface area contributed by atoms with Crippen LogP contribution >= 0.6 is 0 Å². The number of amidine groups is 1. The maximum Gasteiger partial charge on any atom is 0.410 e. The predicted molar refractivity (Wildman–Crippen MR) is 100 cm³/mol. The third-order valence-corrected chi connectivity index (χ3v) is 5.53. The van der Waals surface area contributed by atoms with Crippen LogP contribution in [-0.2, 0) is 9.47 Å². The van der Waals surface area contributed by atoms with E-state index in [0.717, 1.165) is 5.57 Å². The lowest BCUT2D eigenvalue weighted by atomic mass is 9.57. The van der Waals surface area contributed by atoms with Crippen LogP contribution in [0.5, 0.6) is 0 Å². The molecule has 1 aliphatic carbocycles. The molecule has 144 valence electrons. The van der Waals surface area contributed by atoms with Gasteiger partial charge in [0.25, 0.3) is 5.84 Å². The summed E-state index contributed by atoms with van der Waals surface area (Å²) < 4.78 is 11.2. The van der Waals surface area contributed by atoms with Gasteiger partial charge in [0.1, 0.15) is 0 Å². The molecule has 28 heavy (non-hydrogen) atoms. The number of carbonyl (C=O) groups is 1. The number of methoxy groups -OCH3 is 2. The molecule has 0 unspecified atom stereocenters. The first-order valence-corrected chi connectivity index (χ1v) is 8.79. The zero-order valence-corrected chi connectivity index (χ0v) is 16.0. The summed E-state index contributed by atoms with van der Waals surface area (Å²) in [6.45, 7) is 1.89. The number of anilines is 1. The number of benzene rings is 1. The Morgan fingerprint density at radius 3 is 2.39 bits per heavy atom. The van der Waals surface area contributed by atoms with E-state index in [1.165, 1.54) is 14.2 Å². The van der Waals surface area contributed by atoms with Crippen molar-refractivity contribution in [1.29, 1.82) is 10.5 Å². The summed E-state index contributed by atoms with van der Waals surface area (Å²) in [5.74, 6) is -1.40. The molecule has 0 saturated heterocycles. The van der Waals surface area contributed by atoms with Gasteiger partial charge in [-0.2, -0.15) is 15.8 Å². The Hall–Kier alpha value is -3.20. The molecule has 1 aliphatic heterocycles. The maximum absolute atomic E-state index is 12.6. The Balaban J connectivity index is 2.04. The van der Waals surface area contributed by atoms with E-state index in [1.807, 2.05) is 19.1 Å². The number of fused-ring (bicyclic) bond motifs is 1. The van der Waals surface area contributed by atoms with Crippen LogP contribution in [-0.4, -0.2) is 32.0 Å². The van der Waals surface area contributed by atoms with Crippen LogP contribution in [0, 0.1) is 33.5 Å². The minimum atomic E-state index is -1.58. The van der Waals surface area contributed by atoms with Gasteiger partial charge in [-0.3, -0.25) is 5.32 Å². The molecule has 0 spiro atoms. The van der Waals surface area contributed by atoms with Gasteiger partial charge in [0.2, 0.25) is 0 Å². The fourth-order valence-corrected chi connectivity index (χ4v) is 4.11. The molecule has 2 aliphatic rings. The summed E-state index contributed by atoms with van der Waals surface area (Å²) in [4.78, 5) is 15.6. The smallest absolute Gasteiger partial charge is 0.317 e. The van der Waals surface area contributed by atoms with Crippen molar-refractivity contribution in [2.24, 2.45) is 10.8 Å². The molecular weight excluding hydrogens is 358 g/mol. The minimum Gasteiger partial charge on any atom is -0.317 e. The summed E-state index contributed by atoms with van der Waals surface area (Å²) in [6.07, 6.45) is 2.41. The van der Waals surface area contributed by atoms with Crippen molar-refractivity contribution in [3.8, 4) is 12.1 Å². The molecule has 3 N–H and O–H groups in total. The third-order valence-electron chi connectivity index (χ3n) is 5.53. The molecular formula is C20H22N5O3+. The normalized spacial score (nSPS) is 27.5. The van der Waals surface area contributed by atoms with Crippen molar-refractivity contribution in [3.05, 3.63) is 42.0 Å². The highest BCUT2D eigenvalue weighted by molar-refractivity contribution is 6.05. The van der Waals surface area contributed by atoms with Gasteiger partial charge in [-0.1, -0.05) is 29.8 Å². The second-order valence-electron chi connectivity index (χ2n) is 6.94. The number of nitriles is 2. The number of nitrogens with zero attached hydrogens (tertiary/aromatic N) is 2. The molecule has 0 bridgehead atoms. The van der Waals surface area contributed by atoms with E-state index < -0.39 is 22.8 Å². The zero-order valence-electron chi connectivity index (χ0n) is 16.0. The van der Waals surface area contributed by atoms with Gasteiger partial charge in [-0.15, -0.1) is 0 Å². The summed E-state index contributed by atoms with van der Waals surface area (Å²) in [5.41, 5.74) is -1.20. The SMILES string of the molecule is COC1(OC)[NH+]=C(NC(=O)Nc2ccccc2)[C@@]2(C#N)CC(C)=CC[C@@]12C#N. The predicted octanol–water partition coefficient (Wildman–Crippen LogP) is 1.01. The first-order valence-electron chi connectivity index (χ1n) is 8.79. The fraction of sp³-hybridized carbons (Fsp3) is 0.400. The van der Waals surface area contributed by atoms with Crippen molar-refractivity contribution in [1.82, 2.24) is 5.32 Å². The molecule has 1 aromatic carbocycles. The average molecular weight is 380 g/mol. The highest BCUT2D eigenvalue weighted by Crippen LogP contribution is 2.56. The molecule has 0 saturated carbocycles. The van der Waals surface area contributed by atoms with Gasteiger partial charge in [0.15, 0.2) is 10.8 Å². The van der Waals surface area contributed by atoms with E-state index >= 15 is 0 Å². The van der Waals surface area contributed by atoms with Gasteiger partial charge >= 0.3 is 11.9 Å². The van der Waals surface area contributed by atoms with Crippen molar-refractivity contribution in [2.45, 2.75) is 25.7 Å². The Labute approximate surface area is 163 Å². The van der Waals surface area contributed by atoms with Crippen LogP contribution in [0.15, 0.2) is 42.0 Å². The van der Waals surface area contributed by atoms with Gasteiger partial charge < -0.3 is 9.47 Å². The van der Waals surface area contributed by atoms with Gasteiger partial charge in [0, 0.05) is 26.3 Å². The number of para-hydroxylation sites is 1. The molecule has 0 fully saturated rings. The van der Waals surface area contributed by atoms with E-state index in [9.17, 15) is 15.3 Å². The van der Waals surface area contributed by atoms with Crippen molar-refractivity contribution in [3.63, 3.8) is 0 Å². The van der Waals surface area contributed by atoms with E-state index in [0.29, 0.717) is 5.69 Å². The number of nitrogens with one attached hydrogen (secondary N) is 3. The highest BCUT2D eigenvalue weighted by Gasteiger charge is 2.78. The number of amides is 2. The van der Waals surface area contributed by atoms with Crippen LogP contribution in [0.1, 0.15) is 19.8 Å². The molecule has 0 aromatic heterocycles. The fourth-order valence-electron chi connectivity index (χ4n) is 4.11. The first kappa shape index (κ1) is 19.6. The molecule has 0 radical (unpaired) electrons. The number of carbonyl (C=O) groups excluding carboxylic acids is 1. The molecule has 2 atom stereocenters. The second kappa shape index (κ2) is 7.08. The largest absolute Gasteiger partial charge is 0.410 e. The summed E-state index contributed by atoms with van der Waals surface area (Å²) >= 11 is 0. The Bertz CT molecular complexity index is 923. The average Bonchev–Trinajstić information content (AvgIpc) is 2.95. The first-order chi connectivity index (χ1) is 13.4. The lowest BCUT2D eigenvalue weighted by Gasteiger charge is -2.42. The quantitative estimate of drug-likeness (QED) is 0.534. The number of ether oxygens (including phenoxy) is 2. The van der Waals surface area contributed by atoms with Crippen LogP contribution < -0.4 is 15.6 Å². The number of allylic oxidation sites excluding steroid dienone is 2. The molecule has 3 rings (SSSR count). The van der Waals surface area contributed by atoms with Gasteiger partial charge in [0.05, 0.1) is 12.1 Å². The lowest BCUT2D eigenvalue weighted by molar-refractivity contribution is -0.691. The number of hydrogen-bond donors (Lipinski definition) is 3. The monoisotopic (exact) mass is 380 g/mol. The maximum atomic E-state index is 12.6. The van der Waals surface area contributed by atoms with Crippen molar-refractivity contribution >= 4 is 17.6 Å². The van der Waals surface area contributed by atoms with E-state index in [1.54, 1.807) is 24.3 Å².